The lowest BCUT2D eigenvalue weighted by atomic mass is 9.91. The smallest absolute Gasteiger partial charge is 0.0443 e. The molecule has 0 saturated heterocycles. The highest BCUT2D eigenvalue weighted by atomic mass is 79.9. The maximum atomic E-state index is 2.36. The number of rotatable bonds is 0. The van der Waals surface area contributed by atoms with Gasteiger partial charge in [-0.05, 0) is 5.92 Å². The molecule has 0 spiro atoms. The van der Waals surface area contributed by atoms with Crippen molar-refractivity contribution < 1.29 is 0 Å². The summed E-state index contributed by atoms with van der Waals surface area (Å²) < 4.78 is 0. The van der Waals surface area contributed by atoms with Crippen LogP contribution in [0.15, 0.2) is 0 Å². The van der Waals surface area contributed by atoms with E-state index < -0.39 is 0 Å². The van der Waals surface area contributed by atoms with Crippen LogP contribution in [0.5, 0.6) is 0 Å². The van der Waals surface area contributed by atoms with E-state index in [0.717, 1.165) is 5.92 Å². The molecule has 0 bridgehead atoms. The van der Waals surface area contributed by atoms with E-state index in [1.165, 1.54) is 32.1 Å². The van der Waals surface area contributed by atoms with E-state index in [2.05, 4.69) is 6.92 Å². The molecular formula is C7H16BrCl. The molecule has 58 valence electrons. The van der Waals surface area contributed by atoms with Crippen LogP contribution >= 0.6 is 29.4 Å². The second kappa shape index (κ2) is 6.88. The Bertz CT molecular complexity index is 50.9. The van der Waals surface area contributed by atoms with Crippen LogP contribution in [-0.2, 0) is 0 Å². The van der Waals surface area contributed by atoms with E-state index in [1.54, 1.807) is 0 Å². The summed E-state index contributed by atoms with van der Waals surface area (Å²) in [7, 11) is 0. The van der Waals surface area contributed by atoms with Crippen molar-refractivity contribution in [3.05, 3.63) is 0 Å². The van der Waals surface area contributed by atoms with Gasteiger partial charge in [0.15, 0.2) is 0 Å². The molecule has 0 aliphatic heterocycles. The van der Waals surface area contributed by atoms with Gasteiger partial charge < -0.3 is 0 Å². The molecule has 9 heavy (non-hydrogen) atoms. The summed E-state index contributed by atoms with van der Waals surface area (Å²) in [5, 5.41) is 0. The van der Waals surface area contributed by atoms with Crippen molar-refractivity contribution in [2.75, 3.05) is 0 Å². The van der Waals surface area contributed by atoms with Crippen molar-refractivity contribution in [2.24, 2.45) is 5.92 Å². The number of halogens is 2. The molecular weight excluding hydrogens is 199 g/mol. The summed E-state index contributed by atoms with van der Waals surface area (Å²) in [6.07, 6.45) is 7.44. The SMILES string of the molecule is Br.CC1CCCCC1.Cl. The van der Waals surface area contributed by atoms with Gasteiger partial charge in [0, 0.05) is 0 Å². The molecule has 1 saturated carbocycles. The number of hydrogen-bond donors (Lipinski definition) is 0. The van der Waals surface area contributed by atoms with Crippen LogP contribution in [0, 0.1) is 5.92 Å². The molecule has 2 heteroatoms. The highest BCUT2D eigenvalue weighted by molar-refractivity contribution is 8.93. The van der Waals surface area contributed by atoms with Gasteiger partial charge in [0.1, 0.15) is 0 Å². The summed E-state index contributed by atoms with van der Waals surface area (Å²) in [5.74, 6) is 1.04. The maximum Gasteiger partial charge on any atom is -0.0443 e. The molecule has 1 aliphatic rings. The number of hydrogen-bond acceptors (Lipinski definition) is 0. The van der Waals surface area contributed by atoms with Crippen molar-refractivity contribution >= 4 is 29.4 Å². The fraction of sp³-hybridized carbons (Fsp3) is 1.00. The van der Waals surface area contributed by atoms with Crippen LogP contribution < -0.4 is 0 Å². The van der Waals surface area contributed by atoms with Gasteiger partial charge in [-0.1, -0.05) is 39.0 Å². The highest BCUT2D eigenvalue weighted by Gasteiger charge is 2.05. The van der Waals surface area contributed by atoms with E-state index in [0.29, 0.717) is 0 Å². The van der Waals surface area contributed by atoms with Gasteiger partial charge >= 0.3 is 0 Å². The fourth-order valence-electron chi connectivity index (χ4n) is 1.31. The minimum Gasteiger partial charge on any atom is -0.147 e. The molecule has 0 nitrogen and oxygen atoms in total. The van der Waals surface area contributed by atoms with E-state index in [1.807, 2.05) is 0 Å². The van der Waals surface area contributed by atoms with Gasteiger partial charge in [-0.25, -0.2) is 0 Å². The van der Waals surface area contributed by atoms with Crippen LogP contribution in [-0.4, -0.2) is 0 Å². The normalized spacial score (nSPS) is 19.7. The van der Waals surface area contributed by atoms with E-state index >= 15 is 0 Å². The molecule has 0 atom stereocenters. The zero-order chi connectivity index (χ0) is 5.11. The minimum atomic E-state index is 0. The largest absolute Gasteiger partial charge is 0.147 e. The monoisotopic (exact) mass is 214 g/mol. The first-order valence-corrected chi connectivity index (χ1v) is 3.39. The third-order valence-corrected chi connectivity index (χ3v) is 1.89. The van der Waals surface area contributed by atoms with Crippen LogP contribution in [0.1, 0.15) is 39.0 Å². The fourth-order valence-corrected chi connectivity index (χ4v) is 1.31. The molecule has 0 heterocycles. The van der Waals surface area contributed by atoms with Crippen molar-refractivity contribution in [3.63, 3.8) is 0 Å². The third-order valence-electron chi connectivity index (χ3n) is 1.89. The van der Waals surface area contributed by atoms with Crippen molar-refractivity contribution in [1.82, 2.24) is 0 Å². The summed E-state index contributed by atoms with van der Waals surface area (Å²) in [6.45, 7) is 2.36. The molecule has 0 unspecified atom stereocenters. The molecule has 0 aromatic carbocycles. The van der Waals surface area contributed by atoms with Crippen LogP contribution in [0.2, 0.25) is 0 Å². The Balaban J connectivity index is 0. The highest BCUT2D eigenvalue weighted by Crippen LogP contribution is 2.21. The van der Waals surface area contributed by atoms with Gasteiger partial charge in [0.2, 0.25) is 0 Å². The predicted molar refractivity (Wildman–Crippen MR) is 49.8 cm³/mol. The zero-order valence-electron chi connectivity index (χ0n) is 5.93. The summed E-state index contributed by atoms with van der Waals surface area (Å²) >= 11 is 0. The van der Waals surface area contributed by atoms with Gasteiger partial charge in [0.05, 0.1) is 0 Å². The molecule has 0 radical (unpaired) electrons. The second-order valence-electron chi connectivity index (χ2n) is 2.74. The van der Waals surface area contributed by atoms with Crippen LogP contribution in [0.25, 0.3) is 0 Å². The molecule has 0 aromatic heterocycles. The van der Waals surface area contributed by atoms with Crippen molar-refractivity contribution in [1.29, 1.82) is 0 Å². The third kappa shape index (κ3) is 5.23. The standard InChI is InChI=1S/C7H14.BrH.ClH/c1-7-5-3-2-4-6-7;;/h7H,2-6H2,1H3;2*1H. The second-order valence-corrected chi connectivity index (χ2v) is 2.74. The van der Waals surface area contributed by atoms with Crippen LogP contribution in [0.3, 0.4) is 0 Å². The lowest BCUT2D eigenvalue weighted by molar-refractivity contribution is 0.385. The molecule has 1 aliphatic carbocycles. The lowest BCUT2D eigenvalue weighted by Gasteiger charge is -2.15. The molecule has 0 N–H and O–H groups in total. The Kier molecular flexibility index (Phi) is 9.52. The first kappa shape index (κ1) is 12.4. The van der Waals surface area contributed by atoms with Gasteiger partial charge in [-0.15, -0.1) is 29.4 Å². The Morgan fingerprint density at radius 2 is 1.44 bits per heavy atom. The van der Waals surface area contributed by atoms with E-state index in [-0.39, 0.29) is 29.4 Å². The topological polar surface area (TPSA) is 0 Å². The van der Waals surface area contributed by atoms with Gasteiger partial charge in [-0.2, -0.15) is 0 Å². The quantitative estimate of drug-likeness (QED) is 0.579. The average molecular weight is 216 g/mol. The van der Waals surface area contributed by atoms with Crippen molar-refractivity contribution in [3.8, 4) is 0 Å². The lowest BCUT2D eigenvalue weighted by Crippen LogP contribution is -1.99. The summed E-state index contributed by atoms with van der Waals surface area (Å²) in [5.41, 5.74) is 0. The Labute approximate surface area is 74.6 Å². The predicted octanol–water partition coefficient (Wildman–Crippen LogP) is 3.59. The summed E-state index contributed by atoms with van der Waals surface area (Å²) in [6, 6.07) is 0. The molecule has 1 fully saturated rings. The summed E-state index contributed by atoms with van der Waals surface area (Å²) in [4.78, 5) is 0. The van der Waals surface area contributed by atoms with E-state index in [4.69, 9.17) is 0 Å². The molecule has 0 aromatic rings. The van der Waals surface area contributed by atoms with Crippen molar-refractivity contribution in [2.45, 2.75) is 39.0 Å². The first-order valence-electron chi connectivity index (χ1n) is 3.39. The van der Waals surface area contributed by atoms with Gasteiger partial charge in [-0.3, -0.25) is 0 Å². The maximum absolute atomic E-state index is 2.36. The first-order chi connectivity index (χ1) is 3.39. The van der Waals surface area contributed by atoms with Gasteiger partial charge in [0.25, 0.3) is 0 Å². The van der Waals surface area contributed by atoms with Crippen LogP contribution in [0.4, 0.5) is 0 Å². The molecule has 1 rings (SSSR count). The minimum absolute atomic E-state index is 0. The molecule has 0 amide bonds. The zero-order valence-corrected chi connectivity index (χ0v) is 8.46. The van der Waals surface area contributed by atoms with E-state index in [9.17, 15) is 0 Å². The Morgan fingerprint density at radius 3 is 1.67 bits per heavy atom. The average Bonchev–Trinajstić information content (AvgIpc) is 1.69. The Morgan fingerprint density at radius 1 is 1.00 bits per heavy atom. The Hall–Kier alpha value is 0.770.